The van der Waals surface area contributed by atoms with E-state index < -0.39 is 29.3 Å². The summed E-state index contributed by atoms with van der Waals surface area (Å²) in [5.41, 5.74) is -0.885. The number of rotatable bonds is 5. The number of hydrogen-bond donors (Lipinski definition) is 2. The van der Waals surface area contributed by atoms with E-state index in [0.29, 0.717) is 0 Å². The highest BCUT2D eigenvalue weighted by atomic mass is 35.5. The first-order valence-electron chi connectivity index (χ1n) is 5.05. The molecule has 0 aliphatic carbocycles. The average Bonchev–Trinajstić information content (AvgIpc) is 2.37. The number of nitrogens with one attached hydrogen (secondary N) is 1. The number of methoxy groups -OCH3 is 1. The second-order valence-corrected chi connectivity index (χ2v) is 3.77. The summed E-state index contributed by atoms with van der Waals surface area (Å²) in [6.45, 7) is -0.0212. The van der Waals surface area contributed by atoms with Gasteiger partial charge in [-0.15, -0.1) is 11.6 Å². The molecule has 1 aromatic carbocycles. The van der Waals surface area contributed by atoms with Gasteiger partial charge in [0.05, 0.1) is 24.8 Å². The van der Waals surface area contributed by atoms with Gasteiger partial charge in [-0.2, -0.15) is 0 Å². The summed E-state index contributed by atoms with van der Waals surface area (Å²) in [6.07, 6.45) is -0.877. The van der Waals surface area contributed by atoms with E-state index in [1.807, 2.05) is 0 Å². The summed E-state index contributed by atoms with van der Waals surface area (Å²) in [5, 5.41) is 11.7. The normalized spacial score (nSPS) is 12.1. The van der Waals surface area contributed by atoms with Crippen molar-refractivity contribution >= 4 is 23.3 Å². The molecule has 0 amide bonds. The van der Waals surface area contributed by atoms with E-state index in [2.05, 4.69) is 10.1 Å². The zero-order valence-corrected chi connectivity index (χ0v) is 10.3. The monoisotopic (exact) mass is 279 g/mol. The van der Waals surface area contributed by atoms with Gasteiger partial charge in [0.25, 0.3) is 0 Å². The molecule has 0 saturated carbocycles. The summed E-state index contributed by atoms with van der Waals surface area (Å²) in [4.78, 5) is 11.2. The number of hydrogen-bond acceptors (Lipinski definition) is 4. The molecule has 7 heteroatoms. The number of aliphatic hydroxyl groups is 1. The number of alkyl halides is 1. The highest BCUT2D eigenvalue weighted by Gasteiger charge is 2.21. The van der Waals surface area contributed by atoms with Crippen LogP contribution in [0.2, 0.25) is 0 Å². The Morgan fingerprint density at radius 1 is 1.56 bits per heavy atom. The van der Waals surface area contributed by atoms with Crippen LogP contribution in [0.4, 0.5) is 14.5 Å². The van der Waals surface area contributed by atoms with Crippen molar-refractivity contribution in [1.82, 2.24) is 0 Å². The summed E-state index contributed by atoms with van der Waals surface area (Å²) in [7, 11) is 1.03. The number of aliphatic hydroxyl groups excluding tert-OH is 1. The predicted molar refractivity (Wildman–Crippen MR) is 62.9 cm³/mol. The average molecular weight is 280 g/mol. The van der Waals surface area contributed by atoms with Crippen LogP contribution in [-0.2, 0) is 4.74 Å². The second-order valence-electron chi connectivity index (χ2n) is 3.46. The highest BCUT2D eigenvalue weighted by molar-refractivity contribution is 6.18. The fourth-order valence-electron chi connectivity index (χ4n) is 1.26. The van der Waals surface area contributed by atoms with Crippen molar-refractivity contribution in [2.75, 3.05) is 24.9 Å². The number of carbonyl (C=O) groups is 1. The van der Waals surface area contributed by atoms with Crippen molar-refractivity contribution in [1.29, 1.82) is 0 Å². The van der Waals surface area contributed by atoms with Gasteiger partial charge in [-0.1, -0.05) is 0 Å². The van der Waals surface area contributed by atoms with E-state index in [4.69, 9.17) is 11.6 Å². The molecular formula is C11H12ClF2NO3. The quantitative estimate of drug-likeness (QED) is 0.637. The van der Waals surface area contributed by atoms with Crippen LogP contribution < -0.4 is 5.32 Å². The molecule has 4 nitrogen and oxygen atoms in total. The Morgan fingerprint density at radius 2 is 2.22 bits per heavy atom. The largest absolute Gasteiger partial charge is 0.465 e. The third kappa shape index (κ3) is 3.30. The zero-order valence-electron chi connectivity index (χ0n) is 9.54. The first kappa shape index (κ1) is 14.7. The van der Waals surface area contributed by atoms with Crippen LogP contribution in [0.5, 0.6) is 0 Å². The third-order valence-corrected chi connectivity index (χ3v) is 2.54. The summed E-state index contributed by atoms with van der Waals surface area (Å²) in [5.74, 6) is -3.21. The van der Waals surface area contributed by atoms with Crippen molar-refractivity contribution in [3.05, 3.63) is 29.3 Å². The first-order valence-corrected chi connectivity index (χ1v) is 5.59. The molecule has 1 aromatic rings. The molecule has 100 valence electrons. The van der Waals surface area contributed by atoms with E-state index in [1.54, 1.807) is 0 Å². The molecule has 0 bridgehead atoms. The van der Waals surface area contributed by atoms with Gasteiger partial charge in [0, 0.05) is 6.54 Å². The molecule has 0 aliphatic heterocycles. The van der Waals surface area contributed by atoms with Crippen LogP contribution >= 0.6 is 11.6 Å². The molecule has 0 fully saturated rings. The minimum Gasteiger partial charge on any atom is -0.465 e. The lowest BCUT2D eigenvalue weighted by atomic mass is 10.1. The van der Waals surface area contributed by atoms with Crippen LogP contribution in [0, 0.1) is 11.6 Å². The smallest absolute Gasteiger partial charge is 0.343 e. The van der Waals surface area contributed by atoms with Gasteiger partial charge >= 0.3 is 5.97 Å². The maximum atomic E-state index is 13.8. The summed E-state index contributed by atoms with van der Waals surface area (Å²) >= 11 is 5.37. The fourth-order valence-corrected chi connectivity index (χ4v) is 1.37. The van der Waals surface area contributed by atoms with Gasteiger partial charge in [-0.3, -0.25) is 0 Å². The Bertz CT molecular complexity index is 443. The molecule has 1 rings (SSSR count). The van der Waals surface area contributed by atoms with Crippen molar-refractivity contribution in [3.8, 4) is 0 Å². The third-order valence-electron chi connectivity index (χ3n) is 2.19. The molecule has 2 N–H and O–H groups in total. The lowest BCUT2D eigenvalue weighted by Crippen LogP contribution is -2.22. The van der Waals surface area contributed by atoms with Crippen LogP contribution in [0.1, 0.15) is 10.4 Å². The van der Waals surface area contributed by atoms with Gasteiger partial charge in [-0.05, 0) is 12.1 Å². The molecule has 1 unspecified atom stereocenters. The predicted octanol–water partition coefficient (Wildman–Crippen LogP) is 1.76. The molecule has 0 heterocycles. The van der Waals surface area contributed by atoms with E-state index in [0.717, 1.165) is 19.2 Å². The van der Waals surface area contributed by atoms with Crippen LogP contribution in [0.3, 0.4) is 0 Å². The maximum Gasteiger partial charge on any atom is 0.343 e. The topological polar surface area (TPSA) is 58.6 Å². The maximum absolute atomic E-state index is 13.8. The minimum absolute atomic E-state index is 0.0212. The zero-order chi connectivity index (χ0) is 13.7. The van der Waals surface area contributed by atoms with Crippen LogP contribution in [0.15, 0.2) is 12.1 Å². The molecule has 18 heavy (non-hydrogen) atoms. The summed E-state index contributed by atoms with van der Waals surface area (Å²) in [6, 6.07) is 2.06. The van der Waals surface area contributed by atoms with Gasteiger partial charge in [0.15, 0.2) is 5.82 Å². The van der Waals surface area contributed by atoms with E-state index in [1.165, 1.54) is 0 Å². The molecule has 0 saturated heterocycles. The number of carbonyl (C=O) groups excluding carboxylic acids is 1. The molecule has 1 atom stereocenters. The molecule has 0 aromatic heterocycles. The number of anilines is 1. The molecule has 0 radical (unpaired) electrons. The highest BCUT2D eigenvalue weighted by Crippen LogP contribution is 2.21. The van der Waals surface area contributed by atoms with E-state index >= 15 is 0 Å². The van der Waals surface area contributed by atoms with Gasteiger partial charge in [0.2, 0.25) is 0 Å². The van der Waals surface area contributed by atoms with Gasteiger partial charge in [-0.25, -0.2) is 13.6 Å². The van der Waals surface area contributed by atoms with Gasteiger partial charge < -0.3 is 15.2 Å². The van der Waals surface area contributed by atoms with Crippen LogP contribution in [0.25, 0.3) is 0 Å². The lowest BCUT2D eigenvalue weighted by Gasteiger charge is -2.12. The Labute approximate surface area is 108 Å². The minimum atomic E-state index is -1.11. The second kappa shape index (κ2) is 6.51. The Hall–Kier alpha value is -1.40. The molecule has 0 spiro atoms. The standard InChI is InChI=1S/C11H12ClF2NO3/c1-18-11(17)9-7(13)2-3-8(10(9)14)15-5-6(16)4-12/h2-3,6,15-16H,4-5H2,1H3. The van der Waals surface area contributed by atoms with Crippen LogP contribution in [-0.4, -0.2) is 36.7 Å². The van der Waals surface area contributed by atoms with Crippen molar-refractivity contribution in [3.63, 3.8) is 0 Å². The summed E-state index contributed by atoms with van der Waals surface area (Å²) < 4.78 is 31.4. The van der Waals surface area contributed by atoms with E-state index in [9.17, 15) is 18.7 Å². The number of ether oxygens (including phenoxy) is 1. The lowest BCUT2D eigenvalue weighted by molar-refractivity contribution is 0.0590. The molecule has 0 aliphatic rings. The number of benzene rings is 1. The number of esters is 1. The van der Waals surface area contributed by atoms with Crippen molar-refractivity contribution in [2.24, 2.45) is 0 Å². The van der Waals surface area contributed by atoms with Crippen molar-refractivity contribution in [2.45, 2.75) is 6.10 Å². The fraction of sp³-hybridized carbons (Fsp3) is 0.364. The SMILES string of the molecule is COC(=O)c1c(F)ccc(NCC(O)CCl)c1F. The Morgan fingerprint density at radius 3 is 2.78 bits per heavy atom. The van der Waals surface area contributed by atoms with Crippen molar-refractivity contribution < 1.29 is 23.4 Å². The molecular weight excluding hydrogens is 268 g/mol. The van der Waals surface area contributed by atoms with E-state index in [-0.39, 0.29) is 18.1 Å². The first-order chi connectivity index (χ1) is 8.51. The number of halogens is 3. The van der Waals surface area contributed by atoms with Gasteiger partial charge in [0.1, 0.15) is 11.4 Å². The Balaban J connectivity index is 2.98. The Kier molecular flexibility index (Phi) is 5.30.